The van der Waals surface area contributed by atoms with E-state index in [1.165, 1.54) is 30.3 Å². The Bertz CT molecular complexity index is 1020. The summed E-state index contributed by atoms with van der Waals surface area (Å²) in [7, 11) is 0. The van der Waals surface area contributed by atoms with Gasteiger partial charge in [-0.05, 0) is 48.1 Å². The van der Waals surface area contributed by atoms with Gasteiger partial charge in [0.05, 0.1) is 21.3 Å². The fraction of sp³-hybridized carbons (Fsp3) is 0. The second kappa shape index (κ2) is 7.48. The van der Waals surface area contributed by atoms with Gasteiger partial charge in [0.25, 0.3) is 11.8 Å². The van der Waals surface area contributed by atoms with Crippen molar-refractivity contribution in [1.29, 1.82) is 0 Å². The Morgan fingerprint density at radius 2 is 1.78 bits per heavy atom. The summed E-state index contributed by atoms with van der Waals surface area (Å²) in [6.45, 7) is 0. The molecule has 136 valence electrons. The van der Waals surface area contributed by atoms with Crippen molar-refractivity contribution in [2.75, 3.05) is 4.90 Å². The monoisotopic (exact) mass is 420 g/mol. The lowest BCUT2D eigenvalue weighted by Gasteiger charge is -2.29. The van der Waals surface area contributed by atoms with Gasteiger partial charge in [0.1, 0.15) is 5.57 Å². The first-order valence-corrected chi connectivity index (χ1v) is 8.65. The fourth-order valence-electron chi connectivity index (χ4n) is 2.43. The molecule has 27 heavy (non-hydrogen) atoms. The summed E-state index contributed by atoms with van der Waals surface area (Å²) in [5.41, 5.74) is 0.627. The third kappa shape index (κ3) is 3.71. The number of carbonyl (C=O) groups is 3. The Hall–Kier alpha value is -2.74. The van der Waals surface area contributed by atoms with Crippen molar-refractivity contribution in [1.82, 2.24) is 5.32 Å². The molecule has 2 amide bonds. The van der Waals surface area contributed by atoms with Crippen LogP contribution in [0.15, 0.2) is 48.0 Å². The van der Waals surface area contributed by atoms with Crippen molar-refractivity contribution >= 4 is 70.1 Å². The van der Waals surface area contributed by atoms with Crippen molar-refractivity contribution < 1.29 is 19.5 Å². The Morgan fingerprint density at radius 3 is 2.41 bits per heavy atom. The zero-order valence-corrected chi connectivity index (χ0v) is 15.7. The quantitative estimate of drug-likeness (QED) is 0.450. The number of carboxylic acid groups (broad SMARTS) is 1. The number of nitrogens with zero attached hydrogens (tertiary/aromatic N) is 1. The predicted molar refractivity (Wildman–Crippen MR) is 106 cm³/mol. The molecule has 0 atom stereocenters. The summed E-state index contributed by atoms with van der Waals surface area (Å²) in [6.07, 6.45) is 1.34. The second-order valence-electron chi connectivity index (χ2n) is 5.46. The zero-order chi connectivity index (χ0) is 19.7. The van der Waals surface area contributed by atoms with E-state index >= 15 is 0 Å². The average Bonchev–Trinajstić information content (AvgIpc) is 2.62. The molecule has 3 rings (SSSR count). The number of carbonyl (C=O) groups excluding carboxylic acids is 2. The third-order valence-corrected chi connectivity index (χ3v) is 4.84. The number of thiocarbonyl (C=S) groups is 1. The lowest BCUT2D eigenvalue weighted by atomic mass is 10.1. The Labute approximate surface area is 169 Å². The maximum atomic E-state index is 12.9. The van der Waals surface area contributed by atoms with Crippen molar-refractivity contribution in [3.8, 4) is 0 Å². The van der Waals surface area contributed by atoms with Gasteiger partial charge >= 0.3 is 5.97 Å². The number of halogens is 2. The molecule has 1 fully saturated rings. The number of anilines is 1. The SMILES string of the molecule is O=C1NC(=S)N(c2cccc(Cl)c2Cl)C(=O)/C1=C/c1ccc(C(=O)O)cc1. The van der Waals surface area contributed by atoms with Crippen molar-refractivity contribution in [2.24, 2.45) is 0 Å². The summed E-state index contributed by atoms with van der Waals surface area (Å²) in [5.74, 6) is -2.41. The molecule has 0 saturated carbocycles. The van der Waals surface area contributed by atoms with Crippen LogP contribution in [-0.4, -0.2) is 28.0 Å². The van der Waals surface area contributed by atoms with Gasteiger partial charge in [-0.2, -0.15) is 0 Å². The topological polar surface area (TPSA) is 86.7 Å². The van der Waals surface area contributed by atoms with Gasteiger partial charge in [0, 0.05) is 0 Å². The van der Waals surface area contributed by atoms with Crippen molar-refractivity contribution in [2.45, 2.75) is 0 Å². The van der Waals surface area contributed by atoms with E-state index in [-0.39, 0.29) is 32.0 Å². The molecule has 0 spiro atoms. The van der Waals surface area contributed by atoms with Crippen LogP contribution in [0, 0.1) is 0 Å². The normalized spacial score (nSPS) is 15.9. The smallest absolute Gasteiger partial charge is 0.335 e. The summed E-state index contributed by atoms with van der Waals surface area (Å²) in [5, 5.41) is 11.6. The minimum Gasteiger partial charge on any atom is -0.478 e. The van der Waals surface area contributed by atoms with E-state index in [0.29, 0.717) is 5.56 Å². The van der Waals surface area contributed by atoms with Crippen LogP contribution in [0.25, 0.3) is 6.08 Å². The van der Waals surface area contributed by atoms with E-state index in [1.807, 2.05) is 0 Å². The second-order valence-corrected chi connectivity index (χ2v) is 6.63. The first-order valence-electron chi connectivity index (χ1n) is 7.48. The molecule has 9 heteroatoms. The maximum Gasteiger partial charge on any atom is 0.335 e. The van der Waals surface area contributed by atoms with Crippen LogP contribution < -0.4 is 10.2 Å². The van der Waals surface area contributed by atoms with Gasteiger partial charge in [-0.1, -0.05) is 41.4 Å². The molecular formula is C18H10Cl2N2O4S. The highest BCUT2D eigenvalue weighted by Gasteiger charge is 2.35. The summed E-state index contributed by atoms with van der Waals surface area (Å²) in [4.78, 5) is 37.2. The van der Waals surface area contributed by atoms with Gasteiger partial charge in [-0.15, -0.1) is 0 Å². The molecule has 0 aliphatic carbocycles. The maximum absolute atomic E-state index is 12.9. The highest BCUT2D eigenvalue weighted by molar-refractivity contribution is 7.80. The molecule has 1 aliphatic rings. The number of hydrogen-bond donors (Lipinski definition) is 2. The molecule has 2 N–H and O–H groups in total. The van der Waals surface area contributed by atoms with Crippen molar-refractivity contribution in [3.63, 3.8) is 0 Å². The van der Waals surface area contributed by atoms with Crippen LogP contribution >= 0.6 is 35.4 Å². The minimum absolute atomic E-state index is 0.0880. The van der Waals surface area contributed by atoms with Crippen LogP contribution in [0.2, 0.25) is 10.0 Å². The molecule has 0 bridgehead atoms. The summed E-state index contributed by atoms with van der Waals surface area (Å²) < 4.78 is 0. The first-order chi connectivity index (χ1) is 12.8. The molecular weight excluding hydrogens is 411 g/mol. The van der Waals surface area contributed by atoms with Crippen LogP contribution in [0.3, 0.4) is 0 Å². The molecule has 2 aromatic rings. The number of aromatic carboxylic acids is 1. The van der Waals surface area contributed by atoms with Crippen molar-refractivity contribution in [3.05, 3.63) is 69.2 Å². The Kier molecular flexibility index (Phi) is 5.27. The van der Waals surface area contributed by atoms with Gasteiger partial charge in [0.2, 0.25) is 0 Å². The lowest BCUT2D eigenvalue weighted by Crippen LogP contribution is -2.54. The lowest BCUT2D eigenvalue weighted by molar-refractivity contribution is -0.122. The third-order valence-electron chi connectivity index (χ3n) is 3.74. The number of amides is 2. The van der Waals surface area contributed by atoms with Crippen LogP contribution in [0.1, 0.15) is 15.9 Å². The molecule has 6 nitrogen and oxygen atoms in total. The van der Waals surface area contributed by atoms with E-state index in [2.05, 4.69) is 5.32 Å². The van der Waals surface area contributed by atoms with E-state index in [0.717, 1.165) is 4.90 Å². The van der Waals surface area contributed by atoms with E-state index < -0.39 is 17.8 Å². The summed E-state index contributed by atoms with van der Waals surface area (Å²) >= 11 is 17.3. The predicted octanol–water partition coefficient (Wildman–Crippen LogP) is 3.52. The molecule has 1 heterocycles. The van der Waals surface area contributed by atoms with Gasteiger partial charge in [0.15, 0.2) is 5.11 Å². The molecule has 2 aromatic carbocycles. The first kappa shape index (κ1) is 19.0. The number of carboxylic acids is 1. The Balaban J connectivity index is 2.02. The van der Waals surface area contributed by atoms with Crippen LogP contribution in [0.4, 0.5) is 5.69 Å². The molecule has 1 saturated heterocycles. The largest absolute Gasteiger partial charge is 0.478 e. The number of rotatable bonds is 3. The Morgan fingerprint density at radius 1 is 1.11 bits per heavy atom. The van der Waals surface area contributed by atoms with Crippen LogP contribution in [-0.2, 0) is 9.59 Å². The fourth-order valence-corrected chi connectivity index (χ4v) is 3.08. The molecule has 0 radical (unpaired) electrons. The zero-order valence-electron chi connectivity index (χ0n) is 13.4. The number of nitrogens with one attached hydrogen (secondary N) is 1. The van der Waals surface area contributed by atoms with E-state index in [9.17, 15) is 14.4 Å². The highest BCUT2D eigenvalue weighted by Crippen LogP contribution is 2.34. The number of hydrogen-bond acceptors (Lipinski definition) is 4. The highest BCUT2D eigenvalue weighted by atomic mass is 35.5. The van der Waals surface area contributed by atoms with Gasteiger partial charge < -0.3 is 5.11 Å². The van der Waals surface area contributed by atoms with E-state index in [1.54, 1.807) is 18.2 Å². The molecule has 1 aliphatic heterocycles. The number of benzene rings is 2. The summed E-state index contributed by atoms with van der Waals surface area (Å²) in [6, 6.07) is 10.4. The van der Waals surface area contributed by atoms with Crippen LogP contribution in [0.5, 0.6) is 0 Å². The average molecular weight is 421 g/mol. The van der Waals surface area contributed by atoms with Gasteiger partial charge in [-0.25, -0.2) is 4.79 Å². The molecule has 0 aromatic heterocycles. The minimum atomic E-state index is -1.08. The standard InChI is InChI=1S/C18H10Cl2N2O4S/c19-12-2-1-3-13(14(12)20)22-16(24)11(15(23)21-18(22)27)8-9-4-6-10(7-5-9)17(25)26/h1-8H,(H,25,26)(H,21,23,27)/b11-8+. The van der Waals surface area contributed by atoms with Gasteiger partial charge in [-0.3, -0.25) is 19.8 Å². The molecule has 0 unspecified atom stereocenters. The van der Waals surface area contributed by atoms with E-state index in [4.69, 9.17) is 40.5 Å².